The smallest absolute Gasteiger partial charge is 0.341 e. The summed E-state index contributed by atoms with van der Waals surface area (Å²) >= 11 is 0. The summed E-state index contributed by atoms with van der Waals surface area (Å²) in [6.07, 6.45) is 0. The zero-order valence-corrected chi connectivity index (χ0v) is 13.5. The molecule has 0 aliphatic heterocycles. The van der Waals surface area contributed by atoms with E-state index in [1.165, 1.54) is 17.0 Å². The van der Waals surface area contributed by atoms with Gasteiger partial charge >= 0.3 is 5.97 Å². The maximum Gasteiger partial charge on any atom is 0.341 e. The van der Waals surface area contributed by atoms with Gasteiger partial charge in [0.1, 0.15) is 0 Å². The molecule has 0 radical (unpaired) electrons. The predicted octanol–water partition coefficient (Wildman–Crippen LogP) is 1.99. The Morgan fingerprint density at radius 2 is 1.88 bits per heavy atom. The first kappa shape index (κ1) is 17.9. The summed E-state index contributed by atoms with van der Waals surface area (Å²) in [5.41, 5.74) is 6.19. The first-order chi connectivity index (χ1) is 11.9. The highest BCUT2D eigenvalue weighted by Gasteiger charge is 2.18. The van der Waals surface area contributed by atoms with Crippen molar-refractivity contribution in [2.45, 2.75) is 6.54 Å². The summed E-state index contributed by atoms with van der Waals surface area (Å²) in [6, 6.07) is 12.8. The molecule has 0 heterocycles. The largest absolute Gasteiger partial charge is 0.452 e. The third kappa shape index (κ3) is 4.77. The van der Waals surface area contributed by atoms with E-state index in [2.05, 4.69) is 0 Å². The molecule has 0 spiro atoms. The molecule has 0 unspecified atom stereocenters. The van der Waals surface area contributed by atoms with Crippen LogP contribution in [-0.2, 0) is 16.1 Å². The summed E-state index contributed by atoms with van der Waals surface area (Å²) < 4.78 is 4.93. The maximum absolute atomic E-state index is 12.1. The van der Waals surface area contributed by atoms with Crippen LogP contribution in [0.4, 0.5) is 11.4 Å². The van der Waals surface area contributed by atoms with Crippen molar-refractivity contribution in [2.24, 2.45) is 0 Å². The number of ether oxygens (including phenoxy) is 1. The number of non-ortho nitro benzene ring substituents is 1. The fourth-order valence-corrected chi connectivity index (χ4v) is 2.10. The van der Waals surface area contributed by atoms with Crippen molar-refractivity contribution in [3.05, 3.63) is 69.8 Å². The number of likely N-dealkylation sites (N-methyl/N-ethyl adjacent to an activating group) is 1. The zero-order valence-electron chi connectivity index (χ0n) is 13.5. The van der Waals surface area contributed by atoms with E-state index in [0.717, 1.165) is 11.6 Å². The number of benzene rings is 2. The van der Waals surface area contributed by atoms with E-state index in [4.69, 9.17) is 10.5 Å². The molecule has 0 aromatic heterocycles. The number of nitrogens with two attached hydrogens (primary N) is 1. The summed E-state index contributed by atoms with van der Waals surface area (Å²) in [6.45, 7) is -0.111. The van der Waals surface area contributed by atoms with Crippen LogP contribution in [0.1, 0.15) is 15.9 Å². The van der Waals surface area contributed by atoms with Crippen molar-refractivity contribution in [3.8, 4) is 0 Å². The van der Waals surface area contributed by atoms with Gasteiger partial charge in [-0.25, -0.2) is 4.79 Å². The molecule has 0 atom stereocenters. The van der Waals surface area contributed by atoms with Crippen LogP contribution in [0.25, 0.3) is 0 Å². The van der Waals surface area contributed by atoms with Crippen LogP contribution in [0.15, 0.2) is 48.5 Å². The van der Waals surface area contributed by atoms with Crippen molar-refractivity contribution in [3.63, 3.8) is 0 Å². The molecule has 0 saturated carbocycles. The number of esters is 1. The number of rotatable bonds is 6. The lowest BCUT2D eigenvalue weighted by Gasteiger charge is -2.17. The quantitative estimate of drug-likeness (QED) is 0.371. The summed E-state index contributed by atoms with van der Waals surface area (Å²) in [5.74, 6) is -1.29. The number of nitrogens with zero attached hydrogens (tertiary/aromatic N) is 2. The van der Waals surface area contributed by atoms with E-state index in [0.29, 0.717) is 6.54 Å². The maximum atomic E-state index is 12.1. The van der Waals surface area contributed by atoms with Gasteiger partial charge in [-0.2, -0.15) is 0 Å². The SMILES string of the molecule is CN(Cc1ccccc1)C(=O)COC(=O)c1cc([N+](=O)[O-])ccc1N. The monoisotopic (exact) mass is 343 g/mol. The molecule has 2 aromatic rings. The van der Waals surface area contributed by atoms with Gasteiger partial charge in [0.15, 0.2) is 6.61 Å². The van der Waals surface area contributed by atoms with Crippen molar-refractivity contribution < 1.29 is 19.2 Å². The number of carbonyl (C=O) groups excluding carboxylic acids is 2. The van der Waals surface area contributed by atoms with E-state index >= 15 is 0 Å². The van der Waals surface area contributed by atoms with Crippen molar-refractivity contribution in [1.82, 2.24) is 4.90 Å². The third-order valence-electron chi connectivity index (χ3n) is 3.48. The van der Waals surface area contributed by atoms with E-state index in [-0.39, 0.29) is 16.9 Å². The zero-order chi connectivity index (χ0) is 18.4. The van der Waals surface area contributed by atoms with Gasteiger partial charge in [-0.15, -0.1) is 0 Å². The van der Waals surface area contributed by atoms with Crippen LogP contribution in [-0.4, -0.2) is 35.4 Å². The minimum Gasteiger partial charge on any atom is -0.452 e. The number of amides is 1. The molecule has 0 bridgehead atoms. The Labute approximate surface area is 144 Å². The molecule has 2 aromatic carbocycles. The fraction of sp³-hybridized carbons (Fsp3) is 0.176. The van der Waals surface area contributed by atoms with E-state index in [9.17, 15) is 19.7 Å². The molecule has 8 heteroatoms. The molecule has 1 amide bonds. The number of hydrogen-bond donors (Lipinski definition) is 1. The standard InChI is InChI=1S/C17H17N3O5/c1-19(10-12-5-3-2-4-6-12)16(21)11-25-17(22)14-9-13(20(23)24)7-8-15(14)18/h2-9H,10-11,18H2,1H3. The molecule has 25 heavy (non-hydrogen) atoms. The van der Waals surface area contributed by atoms with E-state index in [1.807, 2.05) is 30.3 Å². The predicted molar refractivity (Wildman–Crippen MR) is 90.7 cm³/mol. The topological polar surface area (TPSA) is 116 Å². The molecule has 0 fully saturated rings. The van der Waals surface area contributed by atoms with Gasteiger partial charge in [-0.05, 0) is 11.6 Å². The Balaban J connectivity index is 1.96. The fourth-order valence-electron chi connectivity index (χ4n) is 2.10. The lowest BCUT2D eigenvalue weighted by Crippen LogP contribution is -2.30. The van der Waals surface area contributed by atoms with Gasteiger partial charge in [0.05, 0.1) is 10.5 Å². The molecule has 130 valence electrons. The number of anilines is 1. The van der Waals surface area contributed by atoms with Crippen molar-refractivity contribution in [1.29, 1.82) is 0 Å². The molecular formula is C17H17N3O5. The second-order valence-corrected chi connectivity index (χ2v) is 5.34. The van der Waals surface area contributed by atoms with E-state index in [1.54, 1.807) is 7.05 Å². The number of nitrogen functional groups attached to an aromatic ring is 1. The molecule has 2 rings (SSSR count). The molecule has 0 saturated heterocycles. The Kier molecular flexibility index (Phi) is 5.67. The Bertz CT molecular complexity index is 792. The first-order valence-electron chi connectivity index (χ1n) is 7.37. The van der Waals surface area contributed by atoms with Gasteiger partial charge in [0, 0.05) is 31.4 Å². The van der Waals surface area contributed by atoms with Crippen molar-refractivity contribution in [2.75, 3.05) is 19.4 Å². The van der Waals surface area contributed by atoms with Crippen LogP contribution < -0.4 is 5.73 Å². The van der Waals surface area contributed by atoms with Crippen LogP contribution in [0.5, 0.6) is 0 Å². The first-order valence-corrected chi connectivity index (χ1v) is 7.37. The molecule has 2 N–H and O–H groups in total. The highest BCUT2D eigenvalue weighted by molar-refractivity contribution is 5.96. The highest BCUT2D eigenvalue weighted by atomic mass is 16.6. The molecule has 8 nitrogen and oxygen atoms in total. The van der Waals surface area contributed by atoms with Gasteiger partial charge < -0.3 is 15.4 Å². The third-order valence-corrected chi connectivity index (χ3v) is 3.48. The van der Waals surface area contributed by atoms with Crippen LogP contribution in [0.3, 0.4) is 0 Å². The lowest BCUT2D eigenvalue weighted by atomic mass is 10.1. The Morgan fingerprint density at radius 1 is 1.20 bits per heavy atom. The van der Waals surface area contributed by atoms with Crippen LogP contribution in [0.2, 0.25) is 0 Å². The average Bonchev–Trinajstić information content (AvgIpc) is 2.60. The lowest BCUT2D eigenvalue weighted by molar-refractivity contribution is -0.384. The number of nitro benzene ring substituents is 1. The minimum atomic E-state index is -0.886. The van der Waals surface area contributed by atoms with Gasteiger partial charge in [0.25, 0.3) is 11.6 Å². The summed E-state index contributed by atoms with van der Waals surface area (Å²) in [7, 11) is 1.59. The number of nitro groups is 1. The summed E-state index contributed by atoms with van der Waals surface area (Å²) in [4.78, 5) is 35.6. The number of carbonyl (C=O) groups is 2. The minimum absolute atomic E-state index is 0.0423. The normalized spacial score (nSPS) is 10.1. The second-order valence-electron chi connectivity index (χ2n) is 5.34. The van der Waals surface area contributed by atoms with Gasteiger partial charge in [-0.3, -0.25) is 14.9 Å². The second kappa shape index (κ2) is 7.91. The van der Waals surface area contributed by atoms with Crippen LogP contribution in [0, 0.1) is 10.1 Å². The summed E-state index contributed by atoms with van der Waals surface area (Å²) in [5, 5.41) is 10.8. The van der Waals surface area contributed by atoms with Gasteiger partial charge in [0.2, 0.25) is 0 Å². The molecular weight excluding hydrogens is 326 g/mol. The van der Waals surface area contributed by atoms with Crippen molar-refractivity contribution >= 4 is 23.3 Å². The number of hydrogen-bond acceptors (Lipinski definition) is 6. The van der Waals surface area contributed by atoms with Crippen LogP contribution >= 0.6 is 0 Å². The Morgan fingerprint density at radius 3 is 2.52 bits per heavy atom. The molecule has 0 aliphatic carbocycles. The average molecular weight is 343 g/mol. The molecule has 0 aliphatic rings. The Hall–Kier alpha value is -3.42. The van der Waals surface area contributed by atoms with E-state index < -0.39 is 23.4 Å². The highest BCUT2D eigenvalue weighted by Crippen LogP contribution is 2.20. The van der Waals surface area contributed by atoms with Gasteiger partial charge in [-0.1, -0.05) is 30.3 Å².